The Morgan fingerprint density at radius 1 is 0.500 bits per heavy atom. The highest BCUT2D eigenvalue weighted by Crippen LogP contribution is 2.18. The number of hydrogen-bond acceptors (Lipinski definition) is 3. The number of carbonyl (C=O) groups is 2. The molecular formula is C40H74O4. The number of aliphatic carboxylic acids is 1. The summed E-state index contributed by atoms with van der Waals surface area (Å²) in [5.41, 5.74) is 0. The minimum Gasteiger partial charge on any atom is -0.481 e. The Bertz CT molecular complexity index is 668. The first kappa shape index (κ1) is 42.4. The third-order valence-electron chi connectivity index (χ3n) is 8.68. The van der Waals surface area contributed by atoms with Crippen LogP contribution in [-0.2, 0) is 14.3 Å². The number of esters is 1. The molecule has 0 fully saturated rings. The first-order chi connectivity index (χ1) is 21.6. The zero-order chi connectivity index (χ0) is 32.2. The number of carboxylic acids is 1. The van der Waals surface area contributed by atoms with E-state index in [1.807, 2.05) is 0 Å². The summed E-state index contributed by atoms with van der Waals surface area (Å²) in [6, 6.07) is 0. The third-order valence-corrected chi connectivity index (χ3v) is 8.68. The van der Waals surface area contributed by atoms with Gasteiger partial charge in [-0.25, -0.2) is 0 Å². The lowest BCUT2D eigenvalue weighted by molar-refractivity contribution is -0.150. The fourth-order valence-corrected chi connectivity index (χ4v) is 5.80. The second-order valence-electron chi connectivity index (χ2n) is 13.1. The minimum absolute atomic E-state index is 0.0199. The Labute approximate surface area is 274 Å². The van der Waals surface area contributed by atoms with E-state index in [0.717, 1.165) is 64.2 Å². The summed E-state index contributed by atoms with van der Waals surface area (Å²) in [5, 5.41) is 8.69. The van der Waals surface area contributed by atoms with E-state index in [-0.39, 0.29) is 12.1 Å². The summed E-state index contributed by atoms with van der Waals surface area (Å²) < 4.78 is 5.94. The van der Waals surface area contributed by atoms with E-state index < -0.39 is 5.97 Å². The Morgan fingerprint density at radius 3 is 1.39 bits per heavy atom. The van der Waals surface area contributed by atoms with E-state index >= 15 is 0 Å². The second kappa shape index (κ2) is 35.9. The van der Waals surface area contributed by atoms with Gasteiger partial charge in [0, 0.05) is 12.8 Å². The highest BCUT2D eigenvalue weighted by molar-refractivity contribution is 5.69. The Morgan fingerprint density at radius 2 is 0.886 bits per heavy atom. The summed E-state index contributed by atoms with van der Waals surface area (Å²) in [4.78, 5) is 23.1. The normalized spacial score (nSPS) is 12.4. The van der Waals surface area contributed by atoms with Crippen LogP contribution in [-0.4, -0.2) is 23.1 Å². The molecule has 0 aliphatic heterocycles. The van der Waals surface area contributed by atoms with E-state index in [4.69, 9.17) is 9.84 Å². The molecular weight excluding hydrogens is 544 g/mol. The molecule has 1 N–H and O–H groups in total. The van der Waals surface area contributed by atoms with Crippen LogP contribution < -0.4 is 0 Å². The van der Waals surface area contributed by atoms with Crippen molar-refractivity contribution >= 4 is 11.9 Å². The molecule has 44 heavy (non-hydrogen) atoms. The zero-order valence-electron chi connectivity index (χ0n) is 29.5. The van der Waals surface area contributed by atoms with Gasteiger partial charge in [-0.1, -0.05) is 154 Å². The number of ether oxygens (including phenoxy) is 1. The smallest absolute Gasteiger partial charge is 0.306 e. The molecule has 0 saturated heterocycles. The SMILES string of the molecule is CCCCC/C=C\C/C=C\CCCCCCCCCCCC(=O)OC(CCCCC)CCCCCCCCCCCC(=O)O. The van der Waals surface area contributed by atoms with Crippen LogP contribution in [0.1, 0.15) is 213 Å². The van der Waals surface area contributed by atoms with Crippen LogP contribution in [0.2, 0.25) is 0 Å². The maximum Gasteiger partial charge on any atom is 0.306 e. The number of hydrogen-bond donors (Lipinski definition) is 1. The average Bonchev–Trinajstić information content (AvgIpc) is 3.00. The lowest BCUT2D eigenvalue weighted by Crippen LogP contribution is -2.18. The predicted octanol–water partition coefficient (Wildman–Crippen LogP) is 13.2. The second-order valence-corrected chi connectivity index (χ2v) is 13.1. The molecule has 0 spiro atoms. The molecule has 0 amide bonds. The summed E-state index contributed by atoms with van der Waals surface area (Å²) >= 11 is 0. The molecule has 0 saturated carbocycles. The fraction of sp³-hybridized carbons (Fsp3) is 0.850. The van der Waals surface area contributed by atoms with Crippen molar-refractivity contribution in [2.75, 3.05) is 0 Å². The maximum absolute atomic E-state index is 12.5. The summed E-state index contributed by atoms with van der Waals surface area (Å²) in [5.74, 6) is -0.659. The van der Waals surface area contributed by atoms with Gasteiger partial charge >= 0.3 is 11.9 Å². The molecule has 0 aromatic heterocycles. The Balaban J connectivity index is 3.70. The molecule has 1 unspecified atom stereocenters. The summed E-state index contributed by atoms with van der Waals surface area (Å²) in [6.07, 6.45) is 45.1. The van der Waals surface area contributed by atoms with Gasteiger partial charge < -0.3 is 9.84 Å². The van der Waals surface area contributed by atoms with Crippen LogP contribution in [0.4, 0.5) is 0 Å². The first-order valence-corrected chi connectivity index (χ1v) is 19.3. The minimum atomic E-state index is -0.679. The van der Waals surface area contributed by atoms with Gasteiger partial charge in [0.25, 0.3) is 0 Å². The van der Waals surface area contributed by atoms with E-state index in [1.165, 1.54) is 122 Å². The number of carbonyl (C=O) groups excluding carboxylic acids is 1. The van der Waals surface area contributed by atoms with Crippen LogP contribution in [0.3, 0.4) is 0 Å². The molecule has 4 nitrogen and oxygen atoms in total. The van der Waals surface area contributed by atoms with Crippen LogP contribution in [0, 0.1) is 0 Å². The molecule has 4 heteroatoms. The molecule has 0 heterocycles. The van der Waals surface area contributed by atoms with Crippen molar-refractivity contribution in [2.24, 2.45) is 0 Å². The van der Waals surface area contributed by atoms with Crippen molar-refractivity contribution in [2.45, 2.75) is 219 Å². The molecule has 258 valence electrons. The van der Waals surface area contributed by atoms with Crippen molar-refractivity contribution in [3.05, 3.63) is 24.3 Å². The van der Waals surface area contributed by atoms with Gasteiger partial charge in [-0.15, -0.1) is 0 Å². The lowest BCUT2D eigenvalue weighted by atomic mass is 10.0. The van der Waals surface area contributed by atoms with Gasteiger partial charge in [0.1, 0.15) is 6.10 Å². The van der Waals surface area contributed by atoms with Gasteiger partial charge in [-0.05, 0) is 70.6 Å². The number of allylic oxidation sites excluding steroid dienone is 4. The van der Waals surface area contributed by atoms with Crippen molar-refractivity contribution in [1.29, 1.82) is 0 Å². The van der Waals surface area contributed by atoms with E-state index in [0.29, 0.717) is 12.8 Å². The van der Waals surface area contributed by atoms with Gasteiger partial charge in [0.05, 0.1) is 0 Å². The van der Waals surface area contributed by atoms with E-state index in [9.17, 15) is 9.59 Å². The van der Waals surface area contributed by atoms with Crippen molar-refractivity contribution in [3.63, 3.8) is 0 Å². The highest BCUT2D eigenvalue weighted by atomic mass is 16.5. The van der Waals surface area contributed by atoms with Crippen molar-refractivity contribution < 1.29 is 19.4 Å². The predicted molar refractivity (Wildman–Crippen MR) is 190 cm³/mol. The van der Waals surface area contributed by atoms with Crippen LogP contribution >= 0.6 is 0 Å². The van der Waals surface area contributed by atoms with Crippen LogP contribution in [0.25, 0.3) is 0 Å². The standard InChI is InChI=1S/C40H74O4/c1-3-5-7-8-9-10-11-12-13-14-15-16-17-18-19-23-26-29-33-37-40(43)44-38(34-30-6-4-2)35-31-27-24-21-20-22-25-28-32-36-39(41)42/h9-10,12-13,38H,3-8,11,14-37H2,1-2H3,(H,41,42)/b10-9-,13-12-. The van der Waals surface area contributed by atoms with E-state index in [2.05, 4.69) is 38.2 Å². The number of rotatable bonds is 35. The number of unbranched alkanes of at least 4 members (excludes halogenated alkanes) is 22. The maximum atomic E-state index is 12.5. The van der Waals surface area contributed by atoms with Crippen molar-refractivity contribution in [3.8, 4) is 0 Å². The molecule has 0 aromatic rings. The van der Waals surface area contributed by atoms with Crippen molar-refractivity contribution in [1.82, 2.24) is 0 Å². The van der Waals surface area contributed by atoms with Crippen LogP contribution in [0.15, 0.2) is 24.3 Å². The fourth-order valence-electron chi connectivity index (χ4n) is 5.80. The van der Waals surface area contributed by atoms with Gasteiger partial charge in [0.15, 0.2) is 0 Å². The Hall–Kier alpha value is -1.58. The number of carboxylic acid groups (broad SMARTS) is 1. The van der Waals surface area contributed by atoms with E-state index in [1.54, 1.807) is 0 Å². The molecule has 0 bridgehead atoms. The monoisotopic (exact) mass is 619 g/mol. The molecule has 0 radical (unpaired) electrons. The topological polar surface area (TPSA) is 63.6 Å². The lowest BCUT2D eigenvalue weighted by Gasteiger charge is -2.18. The summed E-state index contributed by atoms with van der Waals surface area (Å²) in [6.45, 7) is 4.48. The van der Waals surface area contributed by atoms with Crippen LogP contribution in [0.5, 0.6) is 0 Å². The summed E-state index contributed by atoms with van der Waals surface area (Å²) in [7, 11) is 0. The largest absolute Gasteiger partial charge is 0.481 e. The quantitative estimate of drug-likeness (QED) is 0.0436. The third kappa shape index (κ3) is 34.9. The first-order valence-electron chi connectivity index (χ1n) is 19.3. The van der Waals surface area contributed by atoms with Gasteiger partial charge in [0.2, 0.25) is 0 Å². The van der Waals surface area contributed by atoms with Gasteiger partial charge in [-0.2, -0.15) is 0 Å². The molecule has 0 aromatic carbocycles. The highest BCUT2D eigenvalue weighted by Gasteiger charge is 2.14. The average molecular weight is 619 g/mol. The molecule has 0 aliphatic rings. The Kier molecular flexibility index (Phi) is 34.6. The van der Waals surface area contributed by atoms with Gasteiger partial charge in [-0.3, -0.25) is 9.59 Å². The molecule has 0 rings (SSSR count). The molecule has 1 atom stereocenters. The molecule has 0 aliphatic carbocycles. The zero-order valence-corrected chi connectivity index (χ0v) is 29.5.